The number of carbonyl (C=O) groups excluding carboxylic acids is 2. The predicted molar refractivity (Wildman–Crippen MR) is 148 cm³/mol. The number of hydrogen-bond donors (Lipinski definition) is 1. The molecule has 0 fully saturated rings. The van der Waals surface area contributed by atoms with Gasteiger partial charge < -0.3 is 9.63 Å². The Balaban J connectivity index is 1.63. The van der Waals surface area contributed by atoms with Crippen LogP contribution < -0.4 is 4.90 Å². The van der Waals surface area contributed by atoms with Crippen molar-refractivity contribution in [3.63, 3.8) is 0 Å². The van der Waals surface area contributed by atoms with Gasteiger partial charge in [-0.05, 0) is 37.1 Å². The van der Waals surface area contributed by atoms with Crippen LogP contribution in [0.25, 0.3) is 11.1 Å². The molecule has 7 nitrogen and oxygen atoms in total. The van der Waals surface area contributed by atoms with E-state index in [9.17, 15) is 19.5 Å². The summed E-state index contributed by atoms with van der Waals surface area (Å²) >= 11 is 1.03. The summed E-state index contributed by atoms with van der Waals surface area (Å²) in [5.41, 5.74) is 3.63. The number of aryl methyl sites for hydroxylation is 1. The fourth-order valence-corrected chi connectivity index (χ4v) is 5.02. The van der Waals surface area contributed by atoms with Crippen molar-refractivity contribution in [1.82, 2.24) is 5.16 Å². The highest BCUT2D eigenvalue weighted by molar-refractivity contribution is 8.14. The van der Waals surface area contributed by atoms with Crippen LogP contribution in [0.2, 0.25) is 0 Å². The van der Waals surface area contributed by atoms with E-state index >= 15 is 0 Å². The number of anilines is 1. The Morgan fingerprint density at radius 3 is 2.11 bits per heavy atom. The third-order valence-corrected chi connectivity index (χ3v) is 7.20. The molecule has 4 rings (SSSR count). The second-order valence-electron chi connectivity index (χ2n) is 8.94. The average Bonchev–Trinajstić information content (AvgIpc) is 3.36. The number of carboxylic acid groups (broad SMARTS) is 1. The van der Waals surface area contributed by atoms with Gasteiger partial charge in [-0.3, -0.25) is 14.5 Å². The lowest BCUT2D eigenvalue weighted by Crippen LogP contribution is -2.47. The van der Waals surface area contributed by atoms with Crippen LogP contribution in [0.3, 0.4) is 0 Å². The molecular formula is C30H28N2O5S. The maximum Gasteiger partial charge on any atom is 0.326 e. The highest BCUT2D eigenvalue weighted by Crippen LogP contribution is 2.28. The monoisotopic (exact) mass is 528 g/mol. The fraction of sp³-hybridized carbons (Fsp3) is 0.200. The molecule has 194 valence electrons. The molecule has 8 heteroatoms. The molecule has 4 aromatic rings. The van der Waals surface area contributed by atoms with E-state index in [1.165, 1.54) is 11.8 Å². The quantitative estimate of drug-likeness (QED) is 0.274. The van der Waals surface area contributed by atoms with Crippen LogP contribution in [0.5, 0.6) is 0 Å². The lowest BCUT2D eigenvalue weighted by Gasteiger charge is -2.30. The van der Waals surface area contributed by atoms with Gasteiger partial charge in [0, 0.05) is 29.5 Å². The number of aliphatic carboxylic acids is 1. The predicted octanol–water partition coefficient (Wildman–Crippen LogP) is 5.89. The van der Waals surface area contributed by atoms with Crippen molar-refractivity contribution in [1.29, 1.82) is 0 Å². The lowest BCUT2D eigenvalue weighted by molar-refractivity contribution is -0.140. The van der Waals surface area contributed by atoms with E-state index in [4.69, 9.17) is 4.52 Å². The largest absolute Gasteiger partial charge is 0.480 e. The second kappa shape index (κ2) is 12.4. The van der Waals surface area contributed by atoms with Crippen LogP contribution in [0.15, 0.2) is 95.5 Å². The van der Waals surface area contributed by atoms with Gasteiger partial charge in [0.15, 0.2) is 0 Å². The SMILES string of the molecule is Cc1cc(CC(CSC(=O)c2ccccc2)C(=O)N(c2ccc(-c3ccccc3)cc2)[C@@H](C)C(=O)O)on1. The van der Waals surface area contributed by atoms with Crippen molar-refractivity contribution in [2.24, 2.45) is 5.92 Å². The third kappa shape index (κ3) is 6.58. The summed E-state index contributed by atoms with van der Waals surface area (Å²) in [5, 5.41) is 13.6. The van der Waals surface area contributed by atoms with E-state index in [1.807, 2.05) is 48.5 Å². The number of aromatic nitrogens is 1. The minimum Gasteiger partial charge on any atom is -0.480 e. The molecule has 1 N–H and O–H groups in total. The van der Waals surface area contributed by atoms with E-state index in [1.54, 1.807) is 49.4 Å². The first kappa shape index (κ1) is 26.9. The van der Waals surface area contributed by atoms with Crippen LogP contribution in [-0.4, -0.2) is 39.0 Å². The van der Waals surface area contributed by atoms with E-state index in [0.29, 0.717) is 22.7 Å². The minimum atomic E-state index is -1.13. The molecule has 1 amide bonds. The average molecular weight is 529 g/mol. The third-order valence-electron chi connectivity index (χ3n) is 6.13. The maximum atomic E-state index is 14.0. The van der Waals surface area contributed by atoms with Crippen molar-refractivity contribution in [3.8, 4) is 11.1 Å². The van der Waals surface area contributed by atoms with Gasteiger partial charge in [0.05, 0.1) is 11.6 Å². The Labute approximate surface area is 225 Å². The smallest absolute Gasteiger partial charge is 0.326 e. The van der Waals surface area contributed by atoms with E-state index in [2.05, 4.69) is 5.16 Å². The molecule has 38 heavy (non-hydrogen) atoms. The zero-order valence-corrected chi connectivity index (χ0v) is 21.9. The molecular weight excluding hydrogens is 500 g/mol. The number of rotatable bonds is 10. The van der Waals surface area contributed by atoms with Crippen molar-refractivity contribution in [2.45, 2.75) is 26.3 Å². The Bertz CT molecular complexity index is 1390. The molecule has 2 atom stereocenters. The number of carbonyl (C=O) groups is 3. The highest BCUT2D eigenvalue weighted by Gasteiger charge is 2.33. The van der Waals surface area contributed by atoms with E-state index < -0.39 is 23.8 Å². The van der Waals surface area contributed by atoms with Crippen LogP contribution in [0.4, 0.5) is 5.69 Å². The van der Waals surface area contributed by atoms with Gasteiger partial charge in [-0.2, -0.15) is 0 Å². The molecule has 1 unspecified atom stereocenters. The van der Waals surface area contributed by atoms with Crippen molar-refractivity contribution in [3.05, 3.63) is 108 Å². The number of benzene rings is 3. The molecule has 1 aromatic heterocycles. The lowest BCUT2D eigenvalue weighted by atomic mass is 10.0. The van der Waals surface area contributed by atoms with Crippen molar-refractivity contribution < 1.29 is 24.0 Å². The topological polar surface area (TPSA) is 101 Å². The summed E-state index contributed by atoms with van der Waals surface area (Å²) in [6, 6.07) is 26.4. The molecule has 0 saturated carbocycles. The van der Waals surface area contributed by atoms with Crippen LogP contribution in [-0.2, 0) is 16.0 Å². The number of hydrogen-bond acceptors (Lipinski definition) is 6. The van der Waals surface area contributed by atoms with Gasteiger partial charge in [-0.25, -0.2) is 4.79 Å². The normalized spacial score (nSPS) is 12.5. The Hall–Kier alpha value is -4.17. The van der Waals surface area contributed by atoms with Gasteiger partial charge in [0.2, 0.25) is 11.0 Å². The molecule has 0 aliphatic rings. The molecule has 0 aliphatic carbocycles. The number of amides is 1. The van der Waals surface area contributed by atoms with Crippen LogP contribution in [0.1, 0.15) is 28.7 Å². The fourth-order valence-electron chi connectivity index (χ4n) is 4.10. The first-order valence-electron chi connectivity index (χ1n) is 12.2. The van der Waals surface area contributed by atoms with Crippen molar-refractivity contribution >= 4 is 34.4 Å². The summed E-state index contributed by atoms with van der Waals surface area (Å²) < 4.78 is 5.36. The van der Waals surface area contributed by atoms with Crippen LogP contribution in [0, 0.1) is 12.8 Å². The zero-order valence-electron chi connectivity index (χ0n) is 21.1. The van der Waals surface area contributed by atoms with Gasteiger partial charge in [0.1, 0.15) is 11.8 Å². The molecule has 0 radical (unpaired) electrons. The molecule has 1 heterocycles. The zero-order chi connectivity index (χ0) is 27.1. The minimum absolute atomic E-state index is 0.150. The summed E-state index contributed by atoms with van der Waals surface area (Å²) in [7, 11) is 0. The van der Waals surface area contributed by atoms with E-state index in [-0.39, 0.29) is 17.3 Å². The Morgan fingerprint density at radius 1 is 0.921 bits per heavy atom. The second-order valence-corrected chi connectivity index (χ2v) is 9.93. The van der Waals surface area contributed by atoms with Gasteiger partial charge in [-0.1, -0.05) is 89.7 Å². The van der Waals surface area contributed by atoms with E-state index in [0.717, 1.165) is 22.9 Å². The highest BCUT2D eigenvalue weighted by atomic mass is 32.2. The Kier molecular flexibility index (Phi) is 8.76. The van der Waals surface area contributed by atoms with Crippen LogP contribution >= 0.6 is 11.8 Å². The summed E-state index contributed by atoms with van der Waals surface area (Å²) in [6.45, 7) is 3.26. The summed E-state index contributed by atoms with van der Waals surface area (Å²) in [6.07, 6.45) is 0.180. The molecule has 0 aliphatic heterocycles. The first-order chi connectivity index (χ1) is 18.3. The Morgan fingerprint density at radius 2 is 1.53 bits per heavy atom. The maximum absolute atomic E-state index is 14.0. The van der Waals surface area contributed by atoms with Gasteiger partial charge in [-0.15, -0.1) is 0 Å². The standard InChI is InChI=1S/C30H28N2O5S/c1-20-17-27(37-31-20)18-25(19-38-30(36)24-11-7-4-8-12-24)28(33)32(21(2)29(34)35)26-15-13-23(14-16-26)22-9-5-3-6-10-22/h3-17,21,25H,18-19H2,1-2H3,(H,34,35)/t21-,25?/m0/s1. The molecule has 0 spiro atoms. The molecule has 3 aromatic carbocycles. The summed E-state index contributed by atoms with van der Waals surface area (Å²) in [5.74, 6) is -1.62. The number of carboxylic acids is 1. The van der Waals surface area contributed by atoms with Gasteiger partial charge >= 0.3 is 5.97 Å². The first-order valence-corrected chi connectivity index (χ1v) is 13.2. The number of nitrogens with zero attached hydrogens (tertiary/aromatic N) is 2. The molecule has 0 bridgehead atoms. The summed E-state index contributed by atoms with van der Waals surface area (Å²) in [4.78, 5) is 40.1. The van der Waals surface area contributed by atoms with Crippen molar-refractivity contribution in [2.75, 3.05) is 10.7 Å². The van der Waals surface area contributed by atoms with Gasteiger partial charge in [0.25, 0.3) is 0 Å². The number of thioether (sulfide) groups is 1. The molecule has 0 saturated heterocycles.